The van der Waals surface area contributed by atoms with E-state index < -0.39 is 0 Å². The Kier molecular flexibility index (Phi) is 9.64. The first-order valence-corrected chi connectivity index (χ1v) is 9.31. The Balaban J connectivity index is 0.00000151. The lowest BCUT2D eigenvalue weighted by molar-refractivity contribution is 0.190. The van der Waals surface area contributed by atoms with Crippen molar-refractivity contribution in [3.63, 3.8) is 0 Å². The molecular formula is C23H33NO. The summed E-state index contributed by atoms with van der Waals surface area (Å²) in [5.74, 6) is 1.12. The molecule has 2 heteroatoms. The first-order valence-electron chi connectivity index (χ1n) is 9.31. The van der Waals surface area contributed by atoms with Crippen molar-refractivity contribution in [3.05, 3.63) is 72.5 Å². The zero-order valence-electron chi connectivity index (χ0n) is 16.2. The van der Waals surface area contributed by atoms with Crippen molar-refractivity contribution in [2.24, 2.45) is 11.7 Å². The van der Waals surface area contributed by atoms with Crippen molar-refractivity contribution in [1.29, 1.82) is 0 Å². The van der Waals surface area contributed by atoms with E-state index in [1.807, 2.05) is 26.8 Å². The first kappa shape index (κ1) is 21.0. The maximum Gasteiger partial charge on any atom is 0.0916 e. The molecule has 25 heavy (non-hydrogen) atoms. The van der Waals surface area contributed by atoms with E-state index in [1.165, 1.54) is 16.7 Å². The van der Waals surface area contributed by atoms with Gasteiger partial charge in [0, 0.05) is 12.0 Å². The van der Waals surface area contributed by atoms with Gasteiger partial charge in [0.25, 0.3) is 0 Å². The highest BCUT2D eigenvalue weighted by Crippen LogP contribution is 2.21. The molecule has 2 rings (SSSR count). The molecule has 2 atom stereocenters. The molecule has 0 heterocycles. The van der Waals surface area contributed by atoms with Gasteiger partial charge >= 0.3 is 0 Å². The van der Waals surface area contributed by atoms with Crippen molar-refractivity contribution in [1.82, 2.24) is 0 Å². The minimum atomic E-state index is 0.116. The molecule has 2 N–H and O–H groups in total. The minimum Gasteiger partial charge on any atom is -0.499 e. The number of nitrogens with two attached hydrogens (primary N) is 1. The van der Waals surface area contributed by atoms with E-state index in [4.69, 9.17) is 10.5 Å². The topological polar surface area (TPSA) is 35.2 Å². The van der Waals surface area contributed by atoms with Gasteiger partial charge in [-0.05, 0) is 36.5 Å². The Hall–Kier alpha value is -2.06. The molecule has 0 spiro atoms. The number of hydrogen-bond acceptors (Lipinski definition) is 2. The third kappa shape index (κ3) is 7.15. The number of rotatable bonds is 8. The lowest BCUT2D eigenvalue weighted by atomic mass is 9.95. The second-order valence-electron chi connectivity index (χ2n) is 6.06. The van der Waals surface area contributed by atoms with E-state index in [-0.39, 0.29) is 12.0 Å². The van der Waals surface area contributed by atoms with Crippen LogP contribution in [-0.4, -0.2) is 12.6 Å². The van der Waals surface area contributed by atoms with Crippen LogP contribution < -0.4 is 5.73 Å². The fourth-order valence-electron chi connectivity index (χ4n) is 2.76. The molecule has 0 fully saturated rings. The number of benzene rings is 2. The highest BCUT2D eigenvalue weighted by atomic mass is 16.5. The summed E-state index contributed by atoms with van der Waals surface area (Å²) in [5.41, 5.74) is 10.0. The lowest BCUT2D eigenvalue weighted by Crippen LogP contribution is -2.26. The van der Waals surface area contributed by atoms with Crippen LogP contribution in [0.25, 0.3) is 11.1 Å². The van der Waals surface area contributed by atoms with Crippen LogP contribution in [-0.2, 0) is 11.2 Å². The highest BCUT2D eigenvalue weighted by Gasteiger charge is 2.13. The normalized spacial score (nSPS) is 12.5. The summed E-state index contributed by atoms with van der Waals surface area (Å²) in [6, 6.07) is 19.2. The van der Waals surface area contributed by atoms with Crippen LogP contribution in [0.5, 0.6) is 0 Å². The van der Waals surface area contributed by atoms with E-state index >= 15 is 0 Å². The molecule has 0 saturated heterocycles. The largest absolute Gasteiger partial charge is 0.499 e. The van der Waals surface area contributed by atoms with Crippen LogP contribution >= 0.6 is 0 Å². The minimum absolute atomic E-state index is 0.116. The summed E-state index contributed by atoms with van der Waals surface area (Å²) in [6.45, 7) is 12.7. The second-order valence-corrected chi connectivity index (χ2v) is 6.06. The monoisotopic (exact) mass is 339 g/mol. The van der Waals surface area contributed by atoms with Crippen LogP contribution in [0.2, 0.25) is 0 Å². The van der Waals surface area contributed by atoms with Crippen LogP contribution in [0.4, 0.5) is 0 Å². The Labute approximate surface area is 153 Å². The van der Waals surface area contributed by atoms with E-state index in [0.29, 0.717) is 6.61 Å². The van der Waals surface area contributed by atoms with Gasteiger partial charge in [0.1, 0.15) is 0 Å². The van der Waals surface area contributed by atoms with Gasteiger partial charge in [-0.25, -0.2) is 0 Å². The quantitative estimate of drug-likeness (QED) is 0.614. The lowest BCUT2D eigenvalue weighted by Gasteiger charge is -2.19. The summed E-state index contributed by atoms with van der Waals surface area (Å²) in [5, 5.41) is 0. The Bertz CT molecular complexity index is 604. The molecule has 0 radical (unpaired) electrons. The zero-order chi connectivity index (χ0) is 18.7. The molecule has 0 aromatic heterocycles. The fourth-order valence-corrected chi connectivity index (χ4v) is 2.76. The maximum atomic E-state index is 6.29. The predicted octanol–water partition coefficient (Wildman–Crippen LogP) is 5.83. The molecule has 0 aliphatic carbocycles. The SMILES string of the molecule is C=C(OCC)[C@H](C)CC(N)Cc1ccc(-c2ccccc2)cc1.CC. The van der Waals surface area contributed by atoms with Crippen molar-refractivity contribution >= 4 is 0 Å². The fraction of sp³-hybridized carbons (Fsp3) is 0.391. The molecule has 2 nitrogen and oxygen atoms in total. The number of ether oxygens (including phenoxy) is 1. The van der Waals surface area contributed by atoms with Gasteiger partial charge in [-0.15, -0.1) is 0 Å². The second kappa shape index (κ2) is 11.5. The van der Waals surface area contributed by atoms with E-state index in [9.17, 15) is 0 Å². The average Bonchev–Trinajstić information content (AvgIpc) is 2.65. The third-order valence-electron chi connectivity index (χ3n) is 4.09. The molecular weight excluding hydrogens is 306 g/mol. The van der Waals surface area contributed by atoms with Crippen LogP contribution in [0.1, 0.15) is 39.7 Å². The molecule has 0 saturated carbocycles. The van der Waals surface area contributed by atoms with Crippen molar-refractivity contribution in [3.8, 4) is 11.1 Å². The van der Waals surface area contributed by atoms with E-state index in [2.05, 4.69) is 62.0 Å². The number of hydrogen-bond donors (Lipinski definition) is 1. The summed E-state index contributed by atoms with van der Waals surface area (Å²) in [6.07, 6.45) is 1.76. The summed E-state index contributed by atoms with van der Waals surface area (Å²) in [7, 11) is 0. The van der Waals surface area contributed by atoms with E-state index in [0.717, 1.165) is 18.6 Å². The molecule has 2 aromatic carbocycles. The highest BCUT2D eigenvalue weighted by molar-refractivity contribution is 5.63. The standard InChI is InChI=1S/C21H27NO.C2H6/c1-4-23-17(3)16(2)14-21(22)15-18-10-12-20(13-11-18)19-8-6-5-7-9-19;1-2/h5-13,16,21H,3-4,14-15,22H2,1-2H3;1-2H3/t16-,21?;/m1./s1. The van der Waals surface area contributed by atoms with Crippen LogP contribution in [0.15, 0.2) is 66.9 Å². The zero-order valence-corrected chi connectivity index (χ0v) is 16.2. The molecule has 0 aliphatic heterocycles. The van der Waals surface area contributed by atoms with Crippen molar-refractivity contribution < 1.29 is 4.74 Å². The van der Waals surface area contributed by atoms with Gasteiger partial charge in [-0.3, -0.25) is 0 Å². The summed E-state index contributed by atoms with van der Waals surface area (Å²) in [4.78, 5) is 0. The predicted molar refractivity (Wildman–Crippen MR) is 109 cm³/mol. The molecule has 136 valence electrons. The van der Waals surface area contributed by atoms with E-state index in [1.54, 1.807) is 0 Å². The molecule has 0 bridgehead atoms. The molecule has 0 aliphatic rings. The van der Waals surface area contributed by atoms with Gasteiger partial charge in [-0.1, -0.05) is 81.9 Å². The van der Waals surface area contributed by atoms with Crippen LogP contribution in [0, 0.1) is 5.92 Å². The van der Waals surface area contributed by atoms with Crippen molar-refractivity contribution in [2.75, 3.05) is 6.61 Å². The molecule has 0 amide bonds. The van der Waals surface area contributed by atoms with Crippen molar-refractivity contribution in [2.45, 2.75) is 46.6 Å². The number of allylic oxidation sites excluding steroid dienone is 1. The van der Waals surface area contributed by atoms with Gasteiger partial charge in [0.15, 0.2) is 0 Å². The summed E-state index contributed by atoms with van der Waals surface area (Å²) < 4.78 is 5.47. The molecule has 1 unspecified atom stereocenters. The van der Waals surface area contributed by atoms with Gasteiger partial charge in [0.2, 0.25) is 0 Å². The Morgan fingerprint density at radius 1 is 1.00 bits per heavy atom. The average molecular weight is 340 g/mol. The Morgan fingerprint density at radius 3 is 2.12 bits per heavy atom. The summed E-state index contributed by atoms with van der Waals surface area (Å²) >= 11 is 0. The van der Waals surface area contributed by atoms with Gasteiger partial charge in [0.05, 0.1) is 12.4 Å². The van der Waals surface area contributed by atoms with Gasteiger partial charge in [-0.2, -0.15) is 0 Å². The molecule has 2 aromatic rings. The van der Waals surface area contributed by atoms with Crippen LogP contribution in [0.3, 0.4) is 0 Å². The third-order valence-corrected chi connectivity index (χ3v) is 4.09. The Morgan fingerprint density at radius 2 is 1.56 bits per heavy atom. The smallest absolute Gasteiger partial charge is 0.0916 e. The maximum absolute atomic E-state index is 6.29. The first-order chi connectivity index (χ1) is 12.1. The van der Waals surface area contributed by atoms with Gasteiger partial charge < -0.3 is 10.5 Å².